The first-order valence-corrected chi connectivity index (χ1v) is 5.82. The molecule has 1 aromatic carbocycles. The first-order chi connectivity index (χ1) is 8.22. The maximum atomic E-state index is 11.7. The number of benzene rings is 1. The number of carbonyl (C=O) groups excluding carboxylic acids is 1. The van der Waals surface area contributed by atoms with E-state index in [1.54, 1.807) is 12.1 Å². The number of hydrogen-bond acceptors (Lipinski definition) is 4. The Bertz CT molecular complexity index is 388. The third-order valence-corrected chi connectivity index (χ3v) is 3.21. The number of ether oxygens (including phenoxy) is 1. The average Bonchev–Trinajstić information content (AvgIpc) is 2.39. The molecule has 0 radical (unpaired) electrons. The van der Waals surface area contributed by atoms with Crippen molar-refractivity contribution in [2.75, 3.05) is 13.7 Å². The second kappa shape index (κ2) is 5.19. The molecule has 0 amide bonds. The summed E-state index contributed by atoms with van der Waals surface area (Å²) in [5.41, 5.74) is 1.01. The zero-order valence-corrected chi connectivity index (χ0v) is 9.85. The van der Waals surface area contributed by atoms with Crippen molar-refractivity contribution in [1.82, 2.24) is 5.32 Å². The molecule has 4 nitrogen and oxygen atoms in total. The number of hydrogen-bond donors (Lipinski definition) is 2. The summed E-state index contributed by atoms with van der Waals surface area (Å²) in [5, 5.41) is 12.6. The molecular weight excluding hydrogens is 218 g/mol. The third kappa shape index (κ3) is 2.58. The number of phenolic OH excluding ortho intramolecular Hbond substituents is 1. The summed E-state index contributed by atoms with van der Waals surface area (Å²) in [6, 6.07) is 6.94. The molecule has 0 bridgehead atoms. The highest BCUT2D eigenvalue weighted by Gasteiger charge is 2.32. The van der Waals surface area contributed by atoms with Crippen molar-refractivity contribution >= 4 is 5.97 Å². The highest BCUT2D eigenvalue weighted by Crippen LogP contribution is 2.30. The Morgan fingerprint density at radius 1 is 1.41 bits per heavy atom. The molecule has 1 fully saturated rings. The van der Waals surface area contributed by atoms with Crippen LogP contribution in [0.4, 0.5) is 0 Å². The standard InChI is InChI=1S/C13H17NO3/c1-17-13(16)11-3-2-8-14-12(11)9-4-6-10(15)7-5-9/h4-7,11-12,14-15H,2-3,8H2,1H3. The molecule has 2 unspecified atom stereocenters. The molecule has 2 atom stereocenters. The van der Waals surface area contributed by atoms with Gasteiger partial charge in [0.1, 0.15) is 5.75 Å². The lowest BCUT2D eigenvalue weighted by Crippen LogP contribution is -2.38. The molecule has 1 heterocycles. The van der Waals surface area contributed by atoms with Gasteiger partial charge in [0.15, 0.2) is 0 Å². The van der Waals surface area contributed by atoms with Crippen LogP contribution in [0.3, 0.4) is 0 Å². The van der Waals surface area contributed by atoms with Gasteiger partial charge in [0, 0.05) is 6.04 Å². The Balaban J connectivity index is 2.21. The Hall–Kier alpha value is -1.55. The summed E-state index contributed by atoms with van der Waals surface area (Å²) in [7, 11) is 1.42. The number of nitrogens with one attached hydrogen (secondary N) is 1. The summed E-state index contributed by atoms with van der Waals surface area (Å²) in [4.78, 5) is 11.7. The molecule has 1 aromatic rings. The number of esters is 1. The first kappa shape index (κ1) is 11.9. The van der Waals surface area contributed by atoms with E-state index < -0.39 is 0 Å². The molecule has 1 saturated heterocycles. The van der Waals surface area contributed by atoms with Gasteiger partial charge in [0.2, 0.25) is 0 Å². The Morgan fingerprint density at radius 3 is 2.76 bits per heavy atom. The Morgan fingerprint density at radius 2 is 2.12 bits per heavy atom. The molecule has 4 heteroatoms. The summed E-state index contributed by atoms with van der Waals surface area (Å²) >= 11 is 0. The van der Waals surface area contributed by atoms with Crippen LogP contribution < -0.4 is 5.32 Å². The molecular formula is C13H17NO3. The zero-order chi connectivity index (χ0) is 12.3. The summed E-state index contributed by atoms with van der Waals surface area (Å²) in [5.74, 6) is -0.0762. The van der Waals surface area contributed by atoms with Gasteiger partial charge in [-0.05, 0) is 37.1 Å². The van der Waals surface area contributed by atoms with Crippen LogP contribution in [0.15, 0.2) is 24.3 Å². The van der Waals surface area contributed by atoms with Gasteiger partial charge in [-0.25, -0.2) is 0 Å². The first-order valence-electron chi connectivity index (χ1n) is 5.82. The molecule has 92 valence electrons. The summed E-state index contributed by atoms with van der Waals surface area (Å²) in [6.45, 7) is 0.902. The maximum absolute atomic E-state index is 11.7. The highest BCUT2D eigenvalue weighted by molar-refractivity contribution is 5.73. The molecule has 2 N–H and O–H groups in total. The number of piperidine rings is 1. The van der Waals surface area contributed by atoms with E-state index in [-0.39, 0.29) is 23.7 Å². The molecule has 17 heavy (non-hydrogen) atoms. The van der Waals surface area contributed by atoms with E-state index in [1.807, 2.05) is 12.1 Å². The smallest absolute Gasteiger partial charge is 0.310 e. The van der Waals surface area contributed by atoms with Crippen molar-refractivity contribution in [3.8, 4) is 5.75 Å². The summed E-state index contributed by atoms with van der Waals surface area (Å²) < 4.78 is 4.84. The zero-order valence-electron chi connectivity index (χ0n) is 9.85. The van der Waals surface area contributed by atoms with Crippen LogP contribution in [0, 0.1) is 5.92 Å². The monoisotopic (exact) mass is 235 g/mol. The fourth-order valence-corrected chi connectivity index (χ4v) is 2.33. The van der Waals surface area contributed by atoms with Crippen molar-refractivity contribution in [3.05, 3.63) is 29.8 Å². The quantitative estimate of drug-likeness (QED) is 0.764. The molecule has 0 saturated carbocycles. The van der Waals surface area contributed by atoms with Crippen LogP contribution in [0.1, 0.15) is 24.4 Å². The summed E-state index contributed by atoms with van der Waals surface area (Å²) in [6.07, 6.45) is 1.82. The fourth-order valence-electron chi connectivity index (χ4n) is 2.33. The van der Waals surface area contributed by atoms with E-state index in [9.17, 15) is 9.90 Å². The van der Waals surface area contributed by atoms with Crippen molar-refractivity contribution in [2.45, 2.75) is 18.9 Å². The second-order valence-corrected chi connectivity index (χ2v) is 4.30. The lowest BCUT2D eigenvalue weighted by molar-refractivity contribution is -0.147. The van der Waals surface area contributed by atoms with Gasteiger partial charge >= 0.3 is 5.97 Å². The topological polar surface area (TPSA) is 58.6 Å². The van der Waals surface area contributed by atoms with Gasteiger partial charge in [-0.1, -0.05) is 12.1 Å². The lowest BCUT2D eigenvalue weighted by atomic mass is 9.86. The molecule has 0 aromatic heterocycles. The van der Waals surface area contributed by atoms with E-state index >= 15 is 0 Å². The molecule has 0 aliphatic carbocycles. The Kier molecular flexibility index (Phi) is 3.64. The van der Waals surface area contributed by atoms with Gasteiger partial charge in [-0.15, -0.1) is 0 Å². The van der Waals surface area contributed by atoms with Crippen LogP contribution in [0.2, 0.25) is 0 Å². The van der Waals surface area contributed by atoms with E-state index in [0.717, 1.165) is 24.9 Å². The van der Waals surface area contributed by atoms with Crippen molar-refractivity contribution in [1.29, 1.82) is 0 Å². The van der Waals surface area contributed by atoms with Crippen molar-refractivity contribution < 1.29 is 14.6 Å². The van der Waals surface area contributed by atoms with Crippen LogP contribution in [0.5, 0.6) is 5.75 Å². The molecule has 2 rings (SSSR count). The van der Waals surface area contributed by atoms with Crippen LogP contribution in [-0.2, 0) is 9.53 Å². The maximum Gasteiger partial charge on any atom is 0.310 e. The van der Waals surface area contributed by atoms with Gasteiger partial charge in [0.25, 0.3) is 0 Å². The van der Waals surface area contributed by atoms with Crippen LogP contribution in [0.25, 0.3) is 0 Å². The number of rotatable bonds is 2. The fraction of sp³-hybridized carbons (Fsp3) is 0.462. The average molecular weight is 235 g/mol. The lowest BCUT2D eigenvalue weighted by Gasteiger charge is -2.31. The van der Waals surface area contributed by atoms with Crippen molar-refractivity contribution in [3.63, 3.8) is 0 Å². The van der Waals surface area contributed by atoms with E-state index in [4.69, 9.17) is 4.74 Å². The number of aromatic hydroxyl groups is 1. The molecule has 1 aliphatic heterocycles. The molecule has 1 aliphatic rings. The van der Waals surface area contributed by atoms with Gasteiger partial charge in [-0.3, -0.25) is 4.79 Å². The van der Waals surface area contributed by atoms with Crippen LogP contribution in [-0.4, -0.2) is 24.7 Å². The van der Waals surface area contributed by atoms with Gasteiger partial charge in [-0.2, -0.15) is 0 Å². The largest absolute Gasteiger partial charge is 0.508 e. The van der Waals surface area contributed by atoms with E-state index in [0.29, 0.717) is 0 Å². The SMILES string of the molecule is COC(=O)C1CCCNC1c1ccc(O)cc1. The number of methoxy groups -OCH3 is 1. The van der Waals surface area contributed by atoms with Gasteiger partial charge < -0.3 is 15.2 Å². The van der Waals surface area contributed by atoms with E-state index in [2.05, 4.69) is 5.32 Å². The predicted molar refractivity (Wildman–Crippen MR) is 63.6 cm³/mol. The normalized spacial score (nSPS) is 24.3. The number of carbonyl (C=O) groups is 1. The van der Waals surface area contributed by atoms with Crippen molar-refractivity contribution in [2.24, 2.45) is 5.92 Å². The second-order valence-electron chi connectivity index (χ2n) is 4.30. The minimum absolute atomic E-state index is 0.0169. The number of phenols is 1. The molecule has 0 spiro atoms. The minimum Gasteiger partial charge on any atom is -0.508 e. The Labute approximate surface area is 101 Å². The minimum atomic E-state index is -0.171. The van der Waals surface area contributed by atoms with Crippen LogP contribution >= 0.6 is 0 Å². The third-order valence-electron chi connectivity index (χ3n) is 3.21. The van der Waals surface area contributed by atoms with E-state index in [1.165, 1.54) is 7.11 Å². The van der Waals surface area contributed by atoms with Gasteiger partial charge in [0.05, 0.1) is 13.0 Å². The predicted octanol–water partition coefficient (Wildman–Crippen LogP) is 1.61. The highest BCUT2D eigenvalue weighted by atomic mass is 16.5.